The third-order valence-corrected chi connectivity index (χ3v) is 3.02. The van der Waals surface area contributed by atoms with Crippen molar-refractivity contribution in [3.05, 3.63) is 11.6 Å². The van der Waals surface area contributed by atoms with E-state index in [1.807, 2.05) is 0 Å². The van der Waals surface area contributed by atoms with E-state index in [1.165, 1.54) is 44.1 Å². The van der Waals surface area contributed by atoms with Gasteiger partial charge in [0.1, 0.15) is 0 Å². The molecule has 1 nitrogen and oxygen atoms in total. The zero-order valence-corrected chi connectivity index (χ0v) is 9.10. The van der Waals surface area contributed by atoms with Gasteiger partial charge in [0, 0.05) is 5.54 Å². The normalized spacial score (nSPS) is 22.1. The van der Waals surface area contributed by atoms with Crippen LogP contribution < -0.4 is 5.73 Å². The van der Waals surface area contributed by atoms with E-state index in [-0.39, 0.29) is 5.54 Å². The first-order chi connectivity index (χ1) is 6.12. The molecule has 76 valence electrons. The Bertz CT molecular complexity index is 170. The molecule has 0 aromatic carbocycles. The molecule has 0 aromatic rings. The first kappa shape index (κ1) is 10.8. The van der Waals surface area contributed by atoms with Gasteiger partial charge < -0.3 is 5.73 Å². The highest BCUT2D eigenvalue weighted by Crippen LogP contribution is 2.28. The number of nitrogens with two attached hydrogens (primary N) is 1. The Morgan fingerprint density at radius 1 is 1.15 bits per heavy atom. The second-order valence-corrected chi connectivity index (χ2v) is 4.76. The van der Waals surface area contributed by atoms with Crippen LogP contribution in [0.2, 0.25) is 0 Å². The van der Waals surface area contributed by atoms with E-state index in [0.29, 0.717) is 0 Å². The summed E-state index contributed by atoms with van der Waals surface area (Å²) in [6.07, 6.45) is 11.2. The van der Waals surface area contributed by atoms with Crippen LogP contribution in [0, 0.1) is 0 Å². The molecular formula is C12H23N. The Balaban J connectivity index is 2.47. The molecule has 1 fully saturated rings. The highest BCUT2D eigenvalue weighted by Gasteiger charge is 2.24. The zero-order valence-electron chi connectivity index (χ0n) is 9.10. The Hall–Kier alpha value is -0.300. The van der Waals surface area contributed by atoms with Gasteiger partial charge in [0.05, 0.1) is 0 Å². The summed E-state index contributed by atoms with van der Waals surface area (Å²) in [6.45, 7) is 4.31. The van der Waals surface area contributed by atoms with Gasteiger partial charge >= 0.3 is 0 Å². The monoisotopic (exact) mass is 181 g/mol. The van der Waals surface area contributed by atoms with Crippen LogP contribution in [0.15, 0.2) is 11.6 Å². The average molecular weight is 181 g/mol. The summed E-state index contributed by atoms with van der Waals surface area (Å²) in [5, 5.41) is 0. The van der Waals surface area contributed by atoms with E-state index in [4.69, 9.17) is 5.73 Å². The summed E-state index contributed by atoms with van der Waals surface area (Å²) in [5.41, 5.74) is 7.88. The molecule has 1 heteroatoms. The van der Waals surface area contributed by atoms with Crippen molar-refractivity contribution in [1.29, 1.82) is 0 Å². The summed E-state index contributed by atoms with van der Waals surface area (Å²) in [5.74, 6) is 0. The molecule has 1 saturated carbocycles. The molecule has 1 aliphatic rings. The first-order valence-electron chi connectivity index (χ1n) is 5.55. The molecule has 0 amide bonds. The molecule has 0 spiro atoms. The van der Waals surface area contributed by atoms with E-state index in [2.05, 4.69) is 19.9 Å². The van der Waals surface area contributed by atoms with E-state index in [1.54, 1.807) is 0 Å². The van der Waals surface area contributed by atoms with Crippen LogP contribution in [0.25, 0.3) is 0 Å². The fraction of sp³-hybridized carbons (Fsp3) is 0.833. The Morgan fingerprint density at radius 2 is 1.69 bits per heavy atom. The molecule has 1 aliphatic carbocycles. The van der Waals surface area contributed by atoms with Crippen molar-refractivity contribution in [2.24, 2.45) is 5.73 Å². The summed E-state index contributed by atoms with van der Waals surface area (Å²) < 4.78 is 0. The fourth-order valence-corrected chi connectivity index (χ4v) is 2.04. The van der Waals surface area contributed by atoms with Crippen molar-refractivity contribution in [3.63, 3.8) is 0 Å². The van der Waals surface area contributed by atoms with Crippen LogP contribution in [0.5, 0.6) is 0 Å². The van der Waals surface area contributed by atoms with Crippen molar-refractivity contribution in [2.75, 3.05) is 0 Å². The highest BCUT2D eigenvalue weighted by molar-refractivity contribution is 5.00. The van der Waals surface area contributed by atoms with Crippen molar-refractivity contribution in [3.8, 4) is 0 Å². The Morgan fingerprint density at radius 3 is 2.15 bits per heavy atom. The van der Waals surface area contributed by atoms with Crippen LogP contribution >= 0.6 is 0 Å². The minimum Gasteiger partial charge on any atom is -0.325 e. The smallest absolute Gasteiger partial charge is 0.0189 e. The quantitative estimate of drug-likeness (QED) is 0.513. The maximum Gasteiger partial charge on any atom is 0.0189 e. The van der Waals surface area contributed by atoms with E-state index in [0.717, 1.165) is 6.42 Å². The van der Waals surface area contributed by atoms with Crippen LogP contribution in [0.3, 0.4) is 0 Å². The van der Waals surface area contributed by atoms with Crippen LogP contribution in [0.1, 0.15) is 58.8 Å². The predicted molar refractivity (Wildman–Crippen MR) is 58.7 cm³/mol. The van der Waals surface area contributed by atoms with E-state index < -0.39 is 0 Å². The second-order valence-electron chi connectivity index (χ2n) is 4.76. The Labute approximate surface area is 82.4 Å². The molecule has 13 heavy (non-hydrogen) atoms. The Kier molecular flexibility index (Phi) is 3.98. The highest BCUT2D eigenvalue weighted by atomic mass is 14.7. The van der Waals surface area contributed by atoms with Crippen molar-refractivity contribution < 1.29 is 0 Å². The number of rotatable bonds is 2. The van der Waals surface area contributed by atoms with Gasteiger partial charge in [0.2, 0.25) is 0 Å². The second kappa shape index (κ2) is 4.80. The van der Waals surface area contributed by atoms with Crippen molar-refractivity contribution in [1.82, 2.24) is 0 Å². The van der Waals surface area contributed by atoms with Crippen LogP contribution in [0.4, 0.5) is 0 Å². The van der Waals surface area contributed by atoms with Gasteiger partial charge in [-0.15, -0.1) is 0 Å². The third kappa shape index (κ3) is 3.95. The van der Waals surface area contributed by atoms with Gasteiger partial charge in [-0.1, -0.05) is 37.3 Å². The van der Waals surface area contributed by atoms with Crippen molar-refractivity contribution >= 4 is 0 Å². The molecule has 0 saturated heterocycles. The van der Waals surface area contributed by atoms with Gasteiger partial charge in [-0.05, 0) is 33.1 Å². The summed E-state index contributed by atoms with van der Waals surface area (Å²) in [6, 6.07) is 0. The van der Waals surface area contributed by atoms with Gasteiger partial charge in [0.25, 0.3) is 0 Å². The topological polar surface area (TPSA) is 26.0 Å². The molecule has 2 N–H and O–H groups in total. The molecule has 0 aliphatic heterocycles. The number of allylic oxidation sites excluding steroid dienone is 1. The lowest BCUT2D eigenvalue weighted by Crippen LogP contribution is -2.38. The average Bonchev–Trinajstić information content (AvgIpc) is 2.28. The number of hydrogen-bond acceptors (Lipinski definition) is 1. The number of hydrogen-bond donors (Lipinski definition) is 1. The molecule has 0 atom stereocenters. The molecule has 1 rings (SSSR count). The van der Waals surface area contributed by atoms with Crippen LogP contribution in [-0.4, -0.2) is 5.54 Å². The largest absolute Gasteiger partial charge is 0.325 e. The summed E-state index contributed by atoms with van der Waals surface area (Å²) in [4.78, 5) is 0. The van der Waals surface area contributed by atoms with E-state index in [9.17, 15) is 0 Å². The fourth-order valence-electron chi connectivity index (χ4n) is 2.04. The lowest BCUT2D eigenvalue weighted by atomic mass is 9.87. The van der Waals surface area contributed by atoms with E-state index >= 15 is 0 Å². The SMILES string of the molecule is CC(C)=CCC1(N)CCCCCC1. The van der Waals surface area contributed by atoms with Gasteiger partial charge in [0.15, 0.2) is 0 Å². The molecule has 0 bridgehead atoms. The van der Waals surface area contributed by atoms with Crippen LogP contribution in [-0.2, 0) is 0 Å². The van der Waals surface area contributed by atoms with Crippen molar-refractivity contribution in [2.45, 2.75) is 64.3 Å². The molecule has 0 aromatic heterocycles. The lowest BCUT2D eigenvalue weighted by Gasteiger charge is -2.26. The van der Waals surface area contributed by atoms with Gasteiger partial charge in [-0.25, -0.2) is 0 Å². The molecule has 0 radical (unpaired) electrons. The molecular weight excluding hydrogens is 158 g/mol. The minimum atomic E-state index is 0.119. The zero-order chi connectivity index (χ0) is 9.73. The molecule has 0 heterocycles. The maximum absolute atomic E-state index is 6.36. The first-order valence-corrected chi connectivity index (χ1v) is 5.55. The van der Waals surface area contributed by atoms with Gasteiger partial charge in [-0.3, -0.25) is 0 Å². The minimum absolute atomic E-state index is 0.119. The van der Waals surface area contributed by atoms with Gasteiger partial charge in [-0.2, -0.15) is 0 Å². The third-order valence-electron chi connectivity index (χ3n) is 3.02. The summed E-state index contributed by atoms with van der Waals surface area (Å²) in [7, 11) is 0. The molecule has 0 unspecified atom stereocenters. The lowest BCUT2D eigenvalue weighted by molar-refractivity contribution is 0.375. The maximum atomic E-state index is 6.36. The predicted octanol–water partition coefficient (Wildman–Crippen LogP) is 3.39. The summed E-state index contributed by atoms with van der Waals surface area (Å²) >= 11 is 0. The standard InChI is InChI=1S/C12H23N/c1-11(2)7-10-12(13)8-5-3-4-6-9-12/h7H,3-6,8-10,13H2,1-2H3.